The monoisotopic (exact) mass is 263 g/mol. The predicted octanol–water partition coefficient (Wildman–Crippen LogP) is 1.85. The lowest BCUT2D eigenvalue weighted by atomic mass is 10.1. The molecule has 5 nitrogen and oxygen atoms in total. The van der Waals surface area contributed by atoms with E-state index in [1.807, 2.05) is 0 Å². The number of rotatable bonds is 2. The van der Waals surface area contributed by atoms with Crippen LogP contribution in [0.25, 0.3) is 11.5 Å². The fourth-order valence-corrected chi connectivity index (χ4v) is 1.94. The molecule has 1 aromatic heterocycles. The first-order chi connectivity index (χ1) is 9.24. The lowest BCUT2D eigenvalue weighted by Crippen LogP contribution is -2.33. The van der Waals surface area contributed by atoms with Gasteiger partial charge in [0.2, 0.25) is 5.82 Å². The molecule has 1 saturated heterocycles. The van der Waals surface area contributed by atoms with Gasteiger partial charge in [0.1, 0.15) is 11.9 Å². The van der Waals surface area contributed by atoms with Crippen molar-refractivity contribution in [3.63, 3.8) is 0 Å². The van der Waals surface area contributed by atoms with Crippen molar-refractivity contribution in [1.82, 2.24) is 15.5 Å². The lowest BCUT2D eigenvalue weighted by Gasteiger charge is -2.20. The van der Waals surface area contributed by atoms with Gasteiger partial charge in [-0.3, -0.25) is 0 Å². The summed E-state index contributed by atoms with van der Waals surface area (Å²) in [5.74, 6) is 0.513. The topological polar surface area (TPSA) is 60.2 Å². The number of halogens is 1. The maximum Gasteiger partial charge on any atom is 0.258 e. The molecular formula is C13H14FN3O2. The number of aromatic nitrogens is 2. The van der Waals surface area contributed by atoms with E-state index in [9.17, 15) is 4.39 Å². The van der Waals surface area contributed by atoms with Gasteiger partial charge in [0.15, 0.2) is 0 Å². The van der Waals surface area contributed by atoms with Gasteiger partial charge in [-0.1, -0.05) is 11.2 Å². The first kappa shape index (κ1) is 12.3. The second-order valence-corrected chi connectivity index (χ2v) is 4.49. The van der Waals surface area contributed by atoms with E-state index in [0.717, 1.165) is 6.54 Å². The summed E-state index contributed by atoms with van der Waals surface area (Å²) in [6, 6.07) is 4.84. The van der Waals surface area contributed by atoms with Crippen molar-refractivity contribution in [1.29, 1.82) is 0 Å². The first-order valence-electron chi connectivity index (χ1n) is 6.16. The average Bonchev–Trinajstić information content (AvgIpc) is 2.93. The molecule has 1 aromatic carbocycles. The zero-order valence-electron chi connectivity index (χ0n) is 10.5. The van der Waals surface area contributed by atoms with E-state index in [1.165, 1.54) is 6.07 Å². The minimum Gasteiger partial charge on any atom is -0.367 e. The normalized spacial score (nSPS) is 19.6. The second kappa shape index (κ2) is 5.07. The minimum atomic E-state index is -0.284. The number of hydrogen-bond donors (Lipinski definition) is 1. The molecule has 1 N–H and O–H groups in total. The van der Waals surface area contributed by atoms with E-state index in [1.54, 1.807) is 19.1 Å². The first-order valence-corrected chi connectivity index (χ1v) is 6.16. The molecule has 1 unspecified atom stereocenters. The molecule has 2 aromatic rings. The van der Waals surface area contributed by atoms with Crippen molar-refractivity contribution in [2.45, 2.75) is 13.0 Å². The number of morpholine rings is 1. The molecule has 100 valence electrons. The highest BCUT2D eigenvalue weighted by Crippen LogP contribution is 2.23. The Morgan fingerprint density at radius 1 is 1.42 bits per heavy atom. The van der Waals surface area contributed by atoms with E-state index in [2.05, 4.69) is 15.5 Å². The Labute approximate surface area is 109 Å². The molecule has 1 atom stereocenters. The third-order valence-corrected chi connectivity index (χ3v) is 3.08. The van der Waals surface area contributed by atoms with Gasteiger partial charge in [-0.05, 0) is 24.6 Å². The number of aryl methyl sites for hydroxylation is 1. The molecule has 1 fully saturated rings. The van der Waals surface area contributed by atoms with Crippen LogP contribution in [-0.2, 0) is 4.74 Å². The molecule has 0 bridgehead atoms. The third-order valence-electron chi connectivity index (χ3n) is 3.08. The number of nitrogens with one attached hydrogen (secondary N) is 1. The highest BCUT2D eigenvalue weighted by molar-refractivity contribution is 5.53. The fourth-order valence-electron chi connectivity index (χ4n) is 1.94. The fraction of sp³-hybridized carbons (Fsp3) is 0.385. The summed E-state index contributed by atoms with van der Waals surface area (Å²) in [6.07, 6.45) is -0.207. The van der Waals surface area contributed by atoms with Gasteiger partial charge in [0.25, 0.3) is 5.89 Å². The van der Waals surface area contributed by atoms with Crippen LogP contribution in [0, 0.1) is 12.7 Å². The molecule has 1 aliphatic rings. The number of hydrogen-bond acceptors (Lipinski definition) is 5. The summed E-state index contributed by atoms with van der Waals surface area (Å²) < 4.78 is 24.2. The van der Waals surface area contributed by atoms with E-state index < -0.39 is 0 Å². The zero-order chi connectivity index (χ0) is 13.2. The van der Waals surface area contributed by atoms with Gasteiger partial charge in [-0.2, -0.15) is 4.98 Å². The molecule has 6 heteroatoms. The Bertz CT molecular complexity index is 579. The number of ether oxygens (including phenoxy) is 1. The molecule has 0 radical (unpaired) electrons. The van der Waals surface area contributed by atoms with E-state index in [-0.39, 0.29) is 11.9 Å². The molecule has 1 aliphatic heterocycles. The van der Waals surface area contributed by atoms with Crippen LogP contribution in [0.2, 0.25) is 0 Å². The van der Waals surface area contributed by atoms with Crippen molar-refractivity contribution in [2.75, 3.05) is 19.7 Å². The van der Waals surface area contributed by atoms with Crippen LogP contribution in [0.15, 0.2) is 22.7 Å². The van der Waals surface area contributed by atoms with Gasteiger partial charge in [-0.15, -0.1) is 0 Å². The molecule has 0 amide bonds. The Hall–Kier alpha value is -1.79. The molecule has 2 heterocycles. The Kier molecular flexibility index (Phi) is 3.27. The van der Waals surface area contributed by atoms with Crippen molar-refractivity contribution < 1.29 is 13.7 Å². The standard InChI is InChI=1S/C13H14FN3O2/c1-8-2-3-9(6-10(8)14)13-16-12(17-19-13)11-7-15-4-5-18-11/h2-3,6,11,15H,4-5,7H2,1H3. The van der Waals surface area contributed by atoms with Gasteiger partial charge in [0, 0.05) is 18.7 Å². The summed E-state index contributed by atoms with van der Waals surface area (Å²) in [5, 5.41) is 7.09. The van der Waals surface area contributed by atoms with Gasteiger partial charge < -0.3 is 14.6 Å². The molecule has 0 saturated carbocycles. The Morgan fingerprint density at radius 3 is 3.05 bits per heavy atom. The van der Waals surface area contributed by atoms with Gasteiger partial charge in [0.05, 0.1) is 6.61 Å². The zero-order valence-corrected chi connectivity index (χ0v) is 10.5. The van der Waals surface area contributed by atoms with Crippen molar-refractivity contribution in [3.8, 4) is 11.5 Å². The van der Waals surface area contributed by atoms with Crippen molar-refractivity contribution >= 4 is 0 Å². The van der Waals surface area contributed by atoms with Crippen LogP contribution in [0.4, 0.5) is 4.39 Å². The Morgan fingerprint density at radius 2 is 2.32 bits per heavy atom. The molecular weight excluding hydrogens is 249 g/mol. The quantitative estimate of drug-likeness (QED) is 0.896. The average molecular weight is 263 g/mol. The van der Waals surface area contributed by atoms with Gasteiger partial charge in [-0.25, -0.2) is 4.39 Å². The second-order valence-electron chi connectivity index (χ2n) is 4.49. The van der Waals surface area contributed by atoms with Crippen LogP contribution in [0.5, 0.6) is 0 Å². The smallest absolute Gasteiger partial charge is 0.258 e. The summed E-state index contributed by atoms with van der Waals surface area (Å²) in [5.41, 5.74) is 1.16. The minimum absolute atomic E-state index is 0.207. The van der Waals surface area contributed by atoms with Crippen LogP contribution >= 0.6 is 0 Å². The van der Waals surface area contributed by atoms with Crippen LogP contribution < -0.4 is 5.32 Å². The van der Waals surface area contributed by atoms with Crippen LogP contribution in [0.3, 0.4) is 0 Å². The van der Waals surface area contributed by atoms with Crippen molar-refractivity contribution in [2.24, 2.45) is 0 Å². The van der Waals surface area contributed by atoms with Crippen LogP contribution in [-0.4, -0.2) is 29.8 Å². The van der Waals surface area contributed by atoms with Crippen LogP contribution in [0.1, 0.15) is 17.5 Å². The van der Waals surface area contributed by atoms with E-state index in [4.69, 9.17) is 9.26 Å². The summed E-state index contributed by atoms with van der Waals surface area (Å²) in [6.45, 7) is 3.80. The molecule has 0 spiro atoms. The van der Waals surface area contributed by atoms with Gasteiger partial charge >= 0.3 is 0 Å². The molecule has 3 rings (SSSR count). The number of benzene rings is 1. The summed E-state index contributed by atoms with van der Waals surface area (Å²) in [7, 11) is 0. The van der Waals surface area contributed by atoms with Crippen molar-refractivity contribution in [3.05, 3.63) is 35.4 Å². The SMILES string of the molecule is Cc1ccc(-c2nc(C3CNCCO3)no2)cc1F. The summed E-state index contributed by atoms with van der Waals surface area (Å²) >= 11 is 0. The molecule has 19 heavy (non-hydrogen) atoms. The largest absolute Gasteiger partial charge is 0.367 e. The predicted molar refractivity (Wildman–Crippen MR) is 66.0 cm³/mol. The number of nitrogens with zero attached hydrogens (tertiary/aromatic N) is 2. The maximum absolute atomic E-state index is 13.5. The highest BCUT2D eigenvalue weighted by atomic mass is 19.1. The maximum atomic E-state index is 13.5. The summed E-state index contributed by atoms with van der Waals surface area (Å²) in [4.78, 5) is 4.27. The van der Waals surface area contributed by atoms with E-state index in [0.29, 0.717) is 36.0 Å². The van der Waals surface area contributed by atoms with E-state index >= 15 is 0 Å². The highest BCUT2D eigenvalue weighted by Gasteiger charge is 2.22. The third kappa shape index (κ3) is 2.50. The molecule has 0 aliphatic carbocycles. The Balaban J connectivity index is 1.85. The lowest BCUT2D eigenvalue weighted by molar-refractivity contribution is 0.0208.